The molecule has 10 nitrogen and oxygen atoms in total. The molecular weight excluding hydrogens is 582 g/mol. The van der Waals surface area contributed by atoms with Gasteiger partial charge in [0, 0.05) is 77.9 Å². The summed E-state index contributed by atoms with van der Waals surface area (Å²) in [7, 11) is 5.15. The summed E-state index contributed by atoms with van der Waals surface area (Å²) in [5, 5.41) is 8.94. The van der Waals surface area contributed by atoms with Crippen LogP contribution in [0.3, 0.4) is 0 Å². The maximum Gasteiger partial charge on any atom is 0.259 e. The average molecular weight is 618 g/mol. The highest BCUT2D eigenvalue weighted by atomic mass is 16.5. The second-order valence-corrected chi connectivity index (χ2v) is 11.2. The second-order valence-electron chi connectivity index (χ2n) is 11.2. The quantitative estimate of drug-likeness (QED) is 0.170. The lowest BCUT2D eigenvalue weighted by Gasteiger charge is -2.34. The standard InChI is InChI=1S/C36H35N5O5/c1-40-15-17-41(18-16-40)27-10-8-25(9-11-27)37-22-31-29-13-7-24(20-32(29)39-36(31)44)34(42)23-5-4-6-26(19-23)38-35(43)30-14-12-28(45-2)21-33(30)46-3/h4-14,19-22,37H,15-18H2,1-3H3,(H,38,43)(H,39,44)/b31-22+. The Bertz CT molecular complexity index is 1830. The maximum absolute atomic E-state index is 13.5. The number of carbonyl (C=O) groups excluding carboxylic acids is 3. The predicted molar refractivity (Wildman–Crippen MR) is 180 cm³/mol. The molecule has 0 aliphatic carbocycles. The molecule has 4 aromatic rings. The van der Waals surface area contributed by atoms with E-state index in [1.54, 1.807) is 66.9 Å². The maximum atomic E-state index is 13.5. The van der Waals surface area contributed by atoms with E-state index in [2.05, 4.69) is 44.9 Å². The molecule has 46 heavy (non-hydrogen) atoms. The van der Waals surface area contributed by atoms with E-state index in [4.69, 9.17) is 9.47 Å². The van der Waals surface area contributed by atoms with Crippen molar-refractivity contribution in [1.82, 2.24) is 4.90 Å². The van der Waals surface area contributed by atoms with E-state index in [0.29, 0.717) is 50.7 Å². The summed E-state index contributed by atoms with van der Waals surface area (Å²) >= 11 is 0. The summed E-state index contributed by atoms with van der Waals surface area (Å²) in [6, 6.07) is 25.0. The molecule has 4 aromatic carbocycles. The predicted octanol–water partition coefficient (Wildman–Crippen LogP) is 5.34. The van der Waals surface area contributed by atoms with E-state index < -0.39 is 0 Å². The Morgan fingerprint density at radius 1 is 0.826 bits per heavy atom. The van der Waals surface area contributed by atoms with Crippen LogP contribution in [0, 0.1) is 0 Å². The van der Waals surface area contributed by atoms with Crippen molar-refractivity contribution >= 4 is 45.9 Å². The molecular formula is C36H35N5O5. The van der Waals surface area contributed by atoms with Crippen molar-refractivity contribution in [2.45, 2.75) is 0 Å². The number of amides is 2. The van der Waals surface area contributed by atoms with Gasteiger partial charge in [-0.15, -0.1) is 0 Å². The Labute approximate surface area is 267 Å². The number of piperazine rings is 1. The van der Waals surface area contributed by atoms with Crippen LogP contribution in [0.1, 0.15) is 31.8 Å². The lowest BCUT2D eigenvalue weighted by Crippen LogP contribution is -2.44. The molecule has 0 spiro atoms. The van der Waals surface area contributed by atoms with Crippen molar-refractivity contribution in [3.05, 3.63) is 113 Å². The van der Waals surface area contributed by atoms with E-state index >= 15 is 0 Å². The number of hydrogen-bond acceptors (Lipinski definition) is 8. The number of rotatable bonds is 9. The van der Waals surface area contributed by atoms with Gasteiger partial charge in [0.1, 0.15) is 11.5 Å². The molecule has 6 rings (SSSR count). The Hall–Kier alpha value is -5.61. The van der Waals surface area contributed by atoms with Crippen molar-refractivity contribution in [2.75, 3.05) is 68.3 Å². The number of ether oxygens (including phenoxy) is 2. The fraction of sp³-hybridized carbons (Fsp3) is 0.194. The van der Waals surface area contributed by atoms with E-state index in [0.717, 1.165) is 31.9 Å². The van der Waals surface area contributed by atoms with Gasteiger partial charge in [-0.05, 0) is 61.6 Å². The average Bonchev–Trinajstić information content (AvgIpc) is 3.41. The van der Waals surface area contributed by atoms with Crippen LogP contribution in [0.2, 0.25) is 0 Å². The zero-order chi connectivity index (χ0) is 32.2. The minimum absolute atomic E-state index is 0.244. The molecule has 234 valence electrons. The Morgan fingerprint density at radius 3 is 2.33 bits per heavy atom. The molecule has 0 aromatic heterocycles. The topological polar surface area (TPSA) is 112 Å². The number of benzene rings is 4. The van der Waals surface area contributed by atoms with Crippen LogP contribution in [-0.4, -0.2) is 69.9 Å². The first-order valence-electron chi connectivity index (χ1n) is 15.0. The number of carbonyl (C=O) groups is 3. The number of nitrogens with one attached hydrogen (secondary N) is 3. The van der Waals surface area contributed by atoms with Gasteiger partial charge >= 0.3 is 0 Å². The number of ketones is 1. The van der Waals surface area contributed by atoms with Gasteiger partial charge in [-0.1, -0.05) is 24.3 Å². The second kappa shape index (κ2) is 13.2. The van der Waals surface area contributed by atoms with Crippen LogP contribution in [0.25, 0.3) is 5.57 Å². The zero-order valence-electron chi connectivity index (χ0n) is 25.9. The van der Waals surface area contributed by atoms with Crippen molar-refractivity contribution in [3.63, 3.8) is 0 Å². The third kappa shape index (κ3) is 6.43. The fourth-order valence-electron chi connectivity index (χ4n) is 5.56. The summed E-state index contributed by atoms with van der Waals surface area (Å²) in [4.78, 5) is 44.0. The van der Waals surface area contributed by atoms with Crippen LogP contribution in [0.4, 0.5) is 22.7 Å². The van der Waals surface area contributed by atoms with Crippen molar-refractivity contribution in [1.29, 1.82) is 0 Å². The number of methoxy groups -OCH3 is 2. The summed E-state index contributed by atoms with van der Waals surface area (Å²) in [6.07, 6.45) is 1.69. The van der Waals surface area contributed by atoms with E-state index in [1.807, 2.05) is 12.1 Å². The van der Waals surface area contributed by atoms with E-state index in [9.17, 15) is 14.4 Å². The highest BCUT2D eigenvalue weighted by Gasteiger charge is 2.26. The number of likely N-dealkylation sites (N-methyl/N-ethyl adjacent to an activating group) is 1. The molecule has 10 heteroatoms. The molecule has 0 unspecified atom stereocenters. The third-order valence-electron chi connectivity index (χ3n) is 8.22. The lowest BCUT2D eigenvalue weighted by molar-refractivity contribution is -0.110. The Morgan fingerprint density at radius 2 is 1.59 bits per heavy atom. The van der Waals surface area contributed by atoms with Crippen molar-refractivity contribution < 1.29 is 23.9 Å². The smallest absolute Gasteiger partial charge is 0.259 e. The highest BCUT2D eigenvalue weighted by Crippen LogP contribution is 2.33. The molecule has 2 heterocycles. The summed E-state index contributed by atoms with van der Waals surface area (Å²) in [5.41, 5.74) is 5.38. The monoisotopic (exact) mass is 617 g/mol. The fourth-order valence-corrected chi connectivity index (χ4v) is 5.56. The minimum atomic E-state index is -0.386. The number of hydrogen-bond donors (Lipinski definition) is 3. The molecule has 0 radical (unpaired) electrons. The largest absolute Gasteiger partial charge is 0.497 e. The van der Waals surface area contributed by atoms with Crippen LogP contribution in [0.15, 0.2) is 91.1 Å². The van der Waals surface area contributed by atoms with Crippen LogP contribution >= 0.6 is 0 Å². The van der Waals surface area contributed by atoms with Crippen LogP contribution < -0.4 is 30.3 Å². The van der Waals surface area contributed by atoms with Crippen LogP contribution in [0.5, 0.6) is 11.5 Å². The SMILES string of the molecule is COc1ccc(C(=O)Nc2cccc(C(=O)c3ccc4c(c3)NC(=O)/C4=C/Nc3ccc(N4CCN(C)CC4)cc3)c2)c(OC)c1. The lowest BCUT2D eigenvalue weighted by atomic mass is 9.99. The summed E-state index contributed by atoms with van der Waals surface area (Å²) in [6.45, 7) is 4.08. The van der Waals surface area contributed by atoms with Gasteiger partial charge < -0.3 is 35.2 Å². The van der Waals surface area contributed by atoms with Gasteiger partial charge in [0.2, 0.25) is 0 Å². The first-order chi connectivity index (χ1) is 22.3. The number of fused-ring (bicyclic) bond motifs is 1. The van der Waals surface area contributed by atoms with E-state index in [-0.39, 0.29) is 17.6 Å². The first-order valence-corrected chi connectivity index (χ1v) is 15.0. The molecule has 2 aliphatic rings. The molecule has 0 bridgehead atoms. The third-order valence-corrected chi connectivity index (χ3v) is 8.22. The highest BCUT2D eigenvalue weighted by molar-refractivity contribution is 6.32. The van der Waals surface area contributed by atoms with Gasteiger partial charge in [-0.25, -0.2) is 0 Å². The Balaban J connectivity index is 1.14. The summed E-state index contributed by atoms with van der Waals surface area (Å²) in [5.74, 6) is 0.0538. The van der Waals surface area contributed by atoms with Gasteiger partial charge in [0.25, 0.3) is 11.8 Å². The molecule has 0 atom stereocenters. The van der Waals surface area contributed by atoms with Crippen molar-refractivity contribution in [3.8, 4) is 11.5 Å². The van der Waals surface area contributed by atoms with Gasteiger partial charge in [0.05, 0.1) is 25.4 Å². The zero-order valence-corrected chi connectivity index (χ0v) is 25.9. The number of nitrogens with zero attached hydrogens (tertiary/aromatic N) is 2. The molecule has 3 N–H and O–H groups in total. The first kappa shape index (κ1) is 30.4. The normalized spacial score (nSPS) is 15.2. The number of anilines is 4. The Kier molecular flexibility index (Phi) is 8.71. The summed E-state index contributed by atoms with van der Waals surface area (Å²) < 4.78 is 10.6. The van der Waals surface area contributed by atoms with Gasteiger partial charge in [-0.3, -0.25) is 14.4 Å². The van der Waals surface area contributed by atoms with Crippen LogP contribution in [-0.2, 0) is 4.79 Å². The van der Waals surface area contributed by atoms with E-state index in [1.165, 1.54) is 19.9 Å². The van der Waals surface area contributed by atoms with Crippen molar-refractivity contribution in [2.24, 2.45) is 0 Å². The molecule has 1 saturated heterocycles. The molecule has 2 aliphatic heterocycles. The van der Waals surface area contributed by atoms with Gasteiger partial charge in [-0.2, -0.15) is 0 Å². The molecule has 2 amide bonds. The molecule has 1 fully saturated rings. The van der Waals surface area contributed by atoms with Gasteiger partial charge in [0.15, 0.2) is 5.78 Å². The minimum Gasteiger partial charge on any atom is -0.497 e. The molecule has 0 saturated carbocycles.